The van der Waals surface area contributed by atoms with Crippen LogP contribution in [0.2, 0.25) is 0 Å². The van der Waals surface area contributed by atoms with Crippen LogP contribution in [0, 0.1) is 0 Å². The van der Waals surface area contributed by atoms with Gasteiger partial charge in [-0.15, -0.1) is 0 Å². The Labute approximate surface area is 91.8 Å². The maximum atomic E-state index is 5.74. The molecule has 0 unspecified atom stereocenters. The first-order chi connectivity index (χ1) is 6.79. The van der Waals surface area contributed by atoms with Gasteiger partial charge in [0.1, 0.15) is 5.82 Å². The Morgan fingerprint density at radius 1 is 1.43 bits per heavy atom. The van der Waals surface area contributed by atoms with E-state index in [2.05, 4.69) is 20.9 Å². The minimum absolute atomic E-state index is 0.559. The molecule has 1 aromatic heterocycles. The molecule has 4 heteroatoms. The van der Waals surface area contributed by atoms with E-state index < -0.39 is 0 Å². The largest absolute Gasteiger partial charge is 0.383 e. The van der Waals surface area contributed by atoms with Crippen LogP contribution in [0.4, 0.5) is 5.82 Å². The summed E-state index contributed by atoms with van der Waals surface area (Å²) in [6.07, 6.45) is 3.91. The van der Waals surface area contributed by atoms with Crippen LogP contribution in [-0.2, 0) is 4.74 Å². The van der Waals surface area contributed by atoms with Crippen LogP contribution in [-0.4, -0.2) is 18.2 Å². The summed E-state index contributed by atoms with van der Waals surface area (Å²) in [5.41, 5.74) is 7.00. The Balaban J connectivity index is 2.26. The second kappa shape index (κ2) is 4.28. The number of rotatable bonds is 1. The standard InChI is InChI=1S/C10H13BrN2O/c11-9-8(1-4-13-10(9)12)7-2-5-14-6-3-7/h1,4,7H,2-3,5-6H2,(H2,12,13). The molecule has 0 radical (unpaired) electrons. The Kier molecular flexibility index (Phi) is 3.03. The zero-order chi connectivity index (χ0) is 9.97. The number of nitrogens with two attached hydrogens (primary N) is 1. The van der Waals surface area contributed by atoms with Gasteiger partial charge in [-0.1, -0.05) is 0 Å². The fourth-order valence-corrected chi connectivity index (χ4v) is 2.36. The van der Waals surface area contributed by atoms with Crippen molar-refractivity contribution in [2.75, 3.05) is 18.9 Å². The zero-order valence-electron chi connectivity index (χ0n) is 7.87. The van der Waals surface area contributed by atoms with Gasteiger partial charge in [-0.25, -0.2) is 4.98 Å². The Bertz CT molecular complexity index is 324. The summed E-state index contributed by atoms with van der Waals surface area (Å²) in [7, 11) is 0. The maximum Gasteiger partial charge on any atom is 0.137 e. The van der Waals surface area contributed by atoms with Crippen LogP contribution in [0.1, 0.15) is 24.3 Å². The summed E-state index contributed by atoms with van der Waals surface area (Å²) >= 11 is 3.49. The van der Waals surface area contributed by atoms with Crippen LogP contribution in [0.15, 0.2) is 16.7 Å². The van der Waals surface area contributed by atoms with Gasteiger partial charge in [-0.05, 0) is 46.3 Å². The lowest BCUT2D eigenvalue weighted by Gasteiger charge is -2.23. The first-order valence-electron chi connectivity index (χ1n) is 4.76. The molecule has 0 aliphatic carbocycles. The van der Waals surface area contributed by atoms with Crippen LogP contribution < -0.4 is 5.73 Å². The Morgan fingerprint density at radius 2 is 2.14 bits per heavy atom. The number of hydrogen-bond donors (Lipinski definition) is 1. The van der Waals surface area contributed by atoms with Crippen molar-refractivity contribution in [3.63, 3.8) is 0 Å². The molecule has 3 nitrogen and oxygen atoms in total. The molecular weight excluding hydrogens is 244 g/mol. The predicted octanol–water partition coefficient (Wildman–Crippen LogP) is 2.32. The fraction of sp³-hybridized carbons (Fsp3) is 0.500. The molecule has 1 saturated heterocycles. The highest BCUT2D eigenvalue weighted by Gasteiger charge is 2.19. The zero-order valence-corrected chi connectivity index (χ0v) is 9.46. The van der Waals surface area contributed by atoms with Gasteiger partial charge in [0.05, 0.1) is 4.47 Å². The number of ether oxygens (including phenoxy) is 1. The summed E-state index contributed by atoms with van der Waals surface area (Å²) in [5.74, 6) is 1.14. The van der Waals surface area contributed by atoms with E-state index >= 15 is 0 Å². The monoisotopic (exact) mass is 256 g/mol. The van der Waals surface area contributed by atoms with Crippen molar-refractivity contribution in [1.29, 1.82) is 0 Å². The van der Waals surface area contributed by atoms with Crippen LogP contribution >= 0.6 is 15.9 Å². The number of anilines is 1. The average molecular weight is 257 g/mol. The number of nitrogens with zero attached hydrogens (tertiary/aromatic N) is 1. The van der Waals surface area contributed by atoms with Crippen molar-refractivity contribution < 1.29 is 4.74 Å². The number of hydrogen-bond acceptors (Lipinski definition) is 3. The fourth-order valence-electron chi connectivity index (χ4n) is 1.80. The molecule has 0 saturated carbocycles. The first kappa shape index (κ1) is 9.93. The molecule has 2 rings (SSSR count). The highest BCUT2D eigenvalue weighted by Crippen LogP contribution is 2.33. The van der Waals surface area contributed by atoms with E-state index in [0.29, 0.717) is 11.7 Å². The molecule has 1 aliphatic heterocycles. The smallest absolute Gasteiger partial charge is 0.137 e. The number of halogens is 1. The third-order valence-corrected chi connectivity index (χ3v) is 3.47. The molecular formula is C10H13BrN2O. The molecule has 76 valence electrons. The van der Waals surface area contributed by atoms with E-state index in [9.17, 15) is 0 Å². The molecule has 0 atom stereocenters. The number of aromatic nitrogens is 1. The van der Waals surface area contributed by atoms with Crippen LogP contribution in [0.25, 0.3) is 0 Å². The summed E-state index contributed by atoms with van der Waals surface area (Å²) in [6, 6.07) is 2.04. The molecule has 0 aromatic carbocycles. The summed E-state index contributed by atoms with van der Waals surface area (Å²) in [6.45, 7) is 1.69. The molecule has 1 fully saturated rings. The first-order valence-corrected chi connectivity index (χ1v) is 5.56. The maximum absolute atomic E-state index is 5.74. The van der Waals surface area contributed by atoms with Gasteiger partial charge in [-0.3, -0.25) is 0 Å². The topological polar surface area (TPSA) is 48.1 Å². The van der Waals surface area contributed by atoms with Crippen molar-refractivity contribution in [3.05, 3.63) is 22.3 Å². The van der Waals surface area contributed by atoms with Crippen molar-refractivity contribution in [3.8, 4) is 0 Å². The van der Waals surface area contributed by atoms with Gasteiger partial charge in [0.2, 0.25) is 0 Å². The Hall–Kier alpha value is -0.610. The number of nitrogen functional groups attached to an aromatic ring is 1. The lowest BCUT2D eigenvalue weighted by Crippen LogP contribution is -2.15. The third-order valence-electron chi connectivity index (χ3n) is 2.61. The van der Waals surface area contributed by atoms with E-state index in [1.54, 1.807) is 6.20 Å². The quantitative estimate of drug-likeness (QED) is 0.839. The van der Waals surface area contributed by atoms with E-state index in [1.807, 2.05) is 6.07 Å². The second-order valence-electron chi connectivity index (χ2n) is 3.49. The van der Waals surface area contributed by atoms with Gasteiger partial charge < -0.3 is 10.5 Å². The Morgan fingerprint density at radius 3 is 2.86 bits per heavy atom. The summed E-state index contributed by atoms with van der Waals surface area (Å²) < 4.78 is 6.28. The SMILES string of the molecule is Nc1nccc(C2CCOCC2)c1Br. The molecule has 2 heterocycles. The lowest BCUT2D eigenvalue weighted by molar-refractivity contribution is 0.0852. The molecule has 0 bridgehead atoms. The molecule has 0 amide bonds. The van der Waals surface area contributed by atoms with Crippen molar-refractivity contribution in [2.45, 2.75) is 18.8 Å². The van der Waals surface area contributed by atoms with Gasteiger partial charge in [-0.2, -0.15) is 0 Å². The third kappa shape index (κ3) is 1.91. The average Bonchev–Trinajstić information content (AvgIpc) is 2.23. The van der Waals surface area contributed by atoms with E-state index in [4.69, 9.17) is 10.5 Å². The molecule has 1 aromatic rings. The highest BCUT2D eigenvalue weighted by molar-refractivity contribution is 9.10. The van der Waals surface area contributed by atoms with Crippen molar-refractivity contribution >= 4 is 21.7 Å². The lowest BCUT2D eigenvalue weighted by atomic mass is 9.92. The van der Waals surface area contributed by atoms with Gasteiger partial charge in [0.25, 0.3) is 0 Å². The molecule has 14 heavy (non-hydrogen) atoms. The number of pyridine rings is 1. The minimum atomic E-state index is 0.559. The predicted molar refractivity (Wildman–Crippen MR) is 59.1 cm³/mol. The summed E-state index contributed by atoms with van der Waals surface area (Å²) in [4.78, 5) is 4.03. The van der Waals surface area contributed by atoms with Gasteiger partial charge in [0, 0.05) is 19.4 Å². The normalized spacial score (nSPS) is 18.4. The van der Waals surface area contributed by atoms with Gasteiger partial charge in [0.15, 0.2) is 0 Å². The van der Waals surface area contributed by atoms with Crippen molar-refractivity contribution in [1.82, 2.24) is 4.98 Å². The molecule has 1 aliphatic rings. The van der Waals surface area contributed by atoms with Gasteiger partial charge >= 0.3 is 0 Å². The summed E-state index contributed by atoms with van der Waals surface area (Å²) in [5, 5.41) is 0. The van der Waals surface area contributed by atoms with Crippen LogP contribution in [0.3, 0.4) is 0 Å². The molecule has 2 N–H and O–H groups in total. The van der Waals surface area contributed by atoms with E-state index in [1.165, 1.54) is 5.56 Å². The minimum Gasteiger partial charge on any atom is -0.383 e. The highest BCUT2D eigenvalue weighted by atomic mass is 79.9. The van der Waals surface area contributed by atoms with Crippen molar-refractivity contribution in [2.24, 2.45) is 0 Å². The van der Waals surface area contributed by atoms with E-state index in [-0.39, 0.29) is 0 Å². The van der Waals surface area contributed by atoms with E-state index in [0.717, 1.165) is 30.5 Å². The van der Waals surface area contributed by atoms with Crippen LogP contribution in [0.5, 0.6) is 0 Å². The molecule has 0 spiro atoms. The second-order valence-corrected chi connectivity index (χ2v) is 4.28.